The standard InChI is InChI=1S/C18H20Br2/c1-4-13-8-9-15(10-14(13)5-2)18(20)16-7-6-12(3)17(19)11-16/h6-11,18H,4-5H2,1-3H3. The summed E-state index contributed by atoms with van der Waals surface area (Å²) < 4.78 is 1.17. The summed E-state index contributed by atoms with van der Waals surface area (Å²) in [6, 6.07) is 13.4. The molecule has 2 aromatic carbocycles. The van der Waals surface area contributed by atoms with Gasteiger partial charge in [-0.1, -0.05) is 76.0 Å². The van der Waals surface area contributed by atoms with Gasteiger partial charge in [-0.05, 0) is 53.6 Å². The topological polar surface area (TPSA) is 0 Å². The van der Waals surface area contributed by atoms with Crippen LogP contribution in [0.4, 0.5) is 0 Å². The quantitative estimate of drug-likeness (QED) is 0.527. The molecule has 0 fully saturated rings. The van der Waals surface area contributed by atoms with Gasteiger partial charge in [-0.2, -0.15) is 0 Å². The molecule has 106 valence electrons. The maximum Gasteiger partial charge on any atom is 0.0645 e. The number of rotatable bonds is 4. The first-order valence-corrected chi connectivity index (χ1v) is 8.79. The van der Waals surface area contributed by atoms with Crippen molar-refractivity contribution in [3.05, 3.63) is 68.7 Å². The van der Waals surface area contributed by atoms with Crippen molar-refractivity contribution in [1.82, 2.24) is 0 Å². The molecule has 0 spiro atoms. The van der Waals surface area contributed by atoms with E-state index in [9.17, 15) is 0 Å². The summed E-state index contributed by atoms with van der Waals surface area (Å²) in [6.07, 6.45) is 2.20. The first-order chi connectivity index (χ1) is 9.56. The van der Waals surface area contributed by atoms with E-state index in [0.717, 1.165) is 12.8 Å². The highest BCUT2D eigenvalue weighted by Crippen LogP contribution is 2.34. The second-order valence-corrected chi connectivity index (χ2v) is 6.88. The molecule has 2 heteroatoms. The van der Waals surface area contributed by atoms with Crippen molar-refractivity contribution in [2.45, 2.75) is 38.4 Å². The van der Waals surface area contributed by atoms with Crippen molar-refractivity contribution in [2.24, 2.45) is 0 Å². The normalized spacial score (nSPS) is 12.4. The first-order valence-electron chi connectivity index (χ1n) is 7.08. The molecule has 0 aliphatic carbocycles. The Balaban J connectivity index is 2.37. The molecular weight excluding hydrogens is 376 g/mol. The Morgan fingerprint density at radius 3 is 2.10 bits per heavy atom. The maximum absolute atomic E-state index is 3.84. The van der Waals surface area contributed by atoms with Gasteiger partial charge in [0.15, 0.2) is 0 Å². The van der Waals surface area contributed by atoms with E-state index in [4.69, 9.17) is 0 Å². The molecule has 20 heavy (non-hydrogen) atoms. The molecule has 0 heterocycles. The smallest absolute Gasteiger partial charge is 0.0645 e. The second-order valence-electron chi connectivity index (χ2n) is 5.11. The Morgan fingerprint density at radius 1 is 0.900 bits per heavy atom. The van der Waals surface area contributed by atoms with E-state index < -0.39 is 0 Å². The van der Waals surface area contributed by atoms with E-state index in [2.05, 4.69) is 89.0 Å². The van der Waals surface area contributed by atoms with Gasteiger partial charge in [-0.3, -0.25) is 0 Å². The molecule has 0 aliphatic heterocycles. The van der Waals surface area contributed by atoms with E-state index in [1.807, 2.05) is 0 Å². The lowest BCUT2D eigenvalue weighted by Crippen LogP contribution is -1.98. The van der Waals surface area contributed by atoms with Crippen LogP contribution in [0.2, 0.25) is 0 Å². The molecule has 0 N–H and O–H groups in total. The van der Waals surface area contributed by atoms with Crippen molar-refractivity contribution in [3.63, 3.8) is 0 Å². The van der Waals surface area contributed by atoms with Gasteiger partial charge in [0, 0.05) is 4.47 Å². The molecule has 1 unspecified atom stereocenters. The summed E-state index contributed by atoms with van der Waals surface area (Å²) in [6.45, 7) is 6.56. The third kappa shape index (κ3) is 3.35. The van der Waals surface area contributed by atoms with Crippen molar-refractivity contribution in [1.29, 1.82) is 0 Å². The van der Waals surface area contributed by atoms with Gasteiger partial charge in [-0.15, -0.1) is 0 Å². The highest BCUT2D eigenvalue weighted by Gasteiger charge is 2.13. The van der Waals surface area contributed by atoms with Crippen LogP contribution in [-0.4, -0.2) is 0 Å². The highest BCUT2D eigenvalue weighted by atomic mass is 79.9. The zero-order chi connectivity index (χ0) is 14.7. The molecule has 2 aromatic rings. The molecule has 0 amide bonds. The van der Waals surface area contributed by atoms with Crippen LogP contribution in [-0.2, 0) is 12.8 Å². The van der Waals surface area contributed by atoms with Crippen molar-refractivity contribution >= 4 is 31.9 Å². The minimum atomic E-state index is 0.246. The van der Waals surface area contributed by atoms with Gasteiger partial charge in [0.2, 0.25) is 0 Å². The summed E-state index contributed by atoms with van der Waals surface area (Å²) in [7, 11) is 0. The number of hydrogen-bond donors (Lipinski definition) is 0. The predicted molar refractivity (Wildman–Crippen MR) is 94.8 cm³/mol. The fraction of sp³-hybridized carbons (Fsp3) is 0.333. The largest absolute Gasteiger partial charge is 0.0786 e. The molecule has 0 nitrogen and oxygen atoms in total. The van der Waals surface area contributed by atoms with Crippen LogP contribution in [0.15, 0.2) is 40.9 Å². The van der Waals surface area contributed by atoms with Crippen LogP contribution in [0, 0.1) is 6.92 Å². The lowest BCUT2D eigenvalue weighted by Gasteiger charge is -2.15. The average Bonchev–Trinajstić information content (AvgIpc) is 2.48. The SMILES string of the molecule is CCc1ccc(C(Br)c2ccc(C)c(Br)c2)cc1CC. The van der Waals surface area contributed by atoms with Gasteiger partial charge in [-0.25, -0.2) is 0 Å². The van der Waals surface area contributed by atoms with Crippen LogP contribution < -0.4 is 0 Å². The van der Waals surface area contributed by atoms with Gasteiger partial charge in [0.25, 0.3) is 0 Å². The van der Waals surface area contributed by atoms with E-state index in [1.54, 1.807) is 0 Å². The lowest BCUT2D eigenvalue weighted by atomic mass is 9.96. The monoisotopic (exact) mass is 394 g/mol. The van der Waals surface area contributed by atoms with Gasteiger partial charge >= 0.3 is 0 Å². The van der Waals surface area contributed by atoms with Crippen molar-refractivity contribution in [2.75, 3.05) is 0 Å². The first kappa shape index (κ1) is 15.8. The molecule has 0 saturated heterocycles. The van der Waals surface area contributed by atoms with Crippen LogP contribution in [0.1, 0.15) is 46.5 Å². The minimum absolute atomic E-state index is 0.246. The number of halogens is 2. The lowest BCUT2D eigenvalue weighted by molar-refractivity contribution is 1.02. The predicted octanol–water partition coefficient (Wildman–Crippen LogP) is 6.37. The summed E-state index contributed by atoms with van der Waals surface area (Å²) in [5, 5.41) is 0. The van der Waals surface area contributed by atoms with Gasteiger partial charge in [0.05, 0.1) is 4.83 Å². The molecular formula is C18H20Br2. The van der Waals surface area contributed by atoms with Gasteiger partial charge < -0.3 is 0 Å². The Kier molecular flexibility index (Phi) is 5.45. The molecule has 0 saturated carbocycles. The molecule has 2 rings (SSSR count). The maximum atomic E-state index is 3.84. The van der Waals surface area contributed by atoms with E-state index in [1.165, 1.54) is 32.3 Å². The Morgan fingerprint density at radius 2 is 1.50 bits per heavy atom. The minimum Gasteiger partial charge on any atom is -0.0786 e. The number of aryl methyl sites for hydroxylation is 3. The Bertz CT molecular complexity index is 602. The summed E-state index contributed by atoms with van der Waals surface area (Å²) in [5.74, 6) is 0. The summed E-state index contributed by atoms with van der Waals surface area (Å²) >= 11 is 7.46. The van der Waals surface area contributed by atoms with Crippen LogP contribution in [0.5, 0.6) is 0 Å². The third-order valence-electron chi connectivity index (χ3n) is 3.77. The molecule has 0 aromatic heterocycles. The highest BCUT2D eigenvalue weighted by molar-refractivity contribution is 9.10. The number of benzene rings is 2. The molecule has 0 aliphatic rings. The van der Waals surface area contributed by atoms with Crippen molar-refractivity contribution < 1.29 is 0 Å². The summed E-state index contributed by atoms with van der Waals surface area (Å²) in [4.78, 5) is 0.246. The second kappa shape index (κ2) is 6.91. The molecule has 0 bridgehead atoms. The number of alkyl halides is 1. The van der Waals surface area contributed by atoms with Crippen LogP contribution in [0.25, 0.3) is 0 Å². The molecule has 1 atom stereocenters. The Labute approximate surface area is 138 Å². The summed E-state index contributed by atoms with van der Waals surface area (Å²) in [5.41, 5.74) is 6.80. The van der Waals surface area contributed by atoms with E-state index in [0.29, 0.717) is 0 Å². The van der Waals surface area contributed by atoms with E-state index in [-0.39, 0.29) is 4.83 Å². The number of hydrogen-bond acceptors (Lipinski definition) is 0. The zero-order valence-corrected chi connectivity index (χ0v) is 15.4. The zero-order valence-electron chi connectivity index (χ0n) is 12.2. The van der Waals surface area contributed by atoms with Crippen LogP contribution >= 0.6 is 31.9 Å². The van der Waals surface area contributed by atoms with Gasteiger partial charge in [0.1, 0.15) is 0 Å². The van der Waals surface area contributed by atoms with E-state index >= 15 is 0 Å². The average molecular weight is 396 g/mol. The molecule has 0 radical (unpaired) electrons. The van der Waals surface area contributed by atoms with Crippen molar-refractivity contribution in [3.8, 4) is 0 Å². The van der Waals surface area contributed by atoms with Crippen LogP contribution in [0.3, 0.4) is 0 Å². The fourth-order valence-electron chi connectivity index (χ4n) is 2.44. The Hall–Kier alpha value is -0.600. The third-order valence-corrected chi connectivity index (χ3v) is 5.68. The fourth-order valence-corrected chi connectivity index (χ4v) is 3.40.